The largest absolute Gasteiger partial charge is 0.399 e. The van der Waals surface area contributed by atoms with Crippen molar-refractivity contribution in [3.8, 4) is 0 Å². The second-order valence-corrected chi connectivity index (χ2v) is 6.29. The molecule has 0 spiro atoms. The summed E-state index contributed by atoms with van der Waals surface area (Å²) < 4.78 is 0. The Labute approximate surface area is 141 Å². The van der Waals surface area contributed by atoms with Crippen LogP contribution in [-0.2, 0) is 0 Å². The van der Waals surface area contributed by atoms with Gasteiger partial charge >= 0.3 is 0 Å². The van der Waals surface area contributed by atoms with E-state index in [1.54, 1.807) is 0 Å². The summed E-state index contributed by atoms with van der Waals surface area (Å²) in [5.41, 5.74) is 8.89. The number of nitrogen functional groups attached to an aromatic ring is 1. The number of nitrogens with two attached hydrogens (primary N) is 1. The lowest BCUT2D eigenvalue weighted by Gasteiger charge is -2.28. The predicted molar refractivity (Wildman–Crippen MR) is 99.6 cm³/mol. The molecule has 1 rings (SSSR count). The first-order valence-corrected chi connectivity index (χ1v) is 8.48. The Hall–Kier alpha value is -0.440. The molecular formula is C17H32Cl2N2. The third kappa shape index (κ3) is 11.9. The van der Waals surface area contributed by atoms with E-state index in [1.807, 2.05) is 19.1 Å². The molecule has 0 atom stereocenters. The molecule has 0 saturated heterocycles. The van der Waals surface area contributed by atoms with Gasteiger partial charge in [0.1, 0.15) is 0 Å². The Morgan fingerprint density at radius 3 is 1.67 bits per heavy atom. The molecule has 124 valence electrons. The Balaban J connectivity index is 0. The van der Waals surface area contributed by atoms with Gasteiger partial charge in [-0.1, -0.05) is 24.6 Å². The lowest BCUT2D eigenvalue weighted by atomic mass is 10.1. The maximum absolute atomic E-state index is 5.59. The maximum Gasteiger partial charge on any atom is 0.0967 e. The fourth-order valence-corrected chi connectivity index (χ4v) is 2.15. The Kier molecular flexibility index (Phi) is 14.4. The topological polar surface area (TPSA) is 29.3 Å². The molecule has 0 radical (unpaired) electrons. The van der Waals surface area contributed by atoms with Crippen LogP contribution in [-0.4, -0.2) is 28.9 Å². The molecule has 0 aliphatic heterocycles. The smallest absolute Gasteiger partial charge is 0.0967 e. The molecule has 1 aromatic rings. The van der Waals surface area contributed by atoms with Gasteiger partial charge in [-0.25, -0.2) is 0 Å². The fourth-order valence-electron chi connectivity index (χ4n) is 2.15. The number of halogens is 2. The molecule has 0 aromatic heterocycles. The van der Waals surface area contributed by atoms with Crippen molar-refractivity contribution in [2.75, 3.05) is 17.6 Å². The lowest BCUT2D eigenvalue weighted by molar-refractivity contribution is 0.185. The van der Waals surface area contributed by atoms with Crippen molar-refractivity contribution < 1.29 is 0 Å². The first-order chi connectivity index (χ1) is 9.70. The van der Waals surface area contributed by atoms with Crippen molar-refractivity contribution in [1.29, 1.82) is 0 Å². The average molecular weight is 335 g/mol. The van der Waals surface area contributed by atoms with E-state index in [0.717, 1.165) is 17.8 Å². The van der Waals surface area contributed by atoms with E-state index in [9.17, 15) is 0 Å². The van der Waals surface area contributed by atoms with Crippen LogP contribution in [0.25, 0.3) is 0 Å². The van der Waals surface area contributed by atoms with Gasteiger partial charge < -0.3 is 5.73 Å². The number of anilines is 1. The van der Waals surface area contributed by atoms with Gasteiger partial charge in [-0.15, -0.1) is 23.2 Å². The summed E-state index contributed by atoms with van der Waals surface area (Å²) in [5, 5.41) is 0.194. The van der Waals surface area contributed by atoms with Gasteiger partial charge in [-0.05, 0) is 59.7 Å². The highest BCUT2D eigenvalue weighted by Crippen LogP contribution is 2.10. The summed E-state index contributed by atoms with van der Waals surface area (Å²) in [6, 6.07) is 7.41. The average Bonchev–Trinajstić information content (AvgIpc) is 2.36. The highest BCUT2D eigenvalue weighted by atomic mass is 35.5. The van der Waals surface area contributed by atoms with Gasteiger partial charge in [0, 0.05) is 17.8 Å². The first kappa shape index (κ1) is 22.8. The van der Waals surface area contributed by atoms with Gasteiger partial charge in [0.15, 0.2) is 0 Å². The Bertz CT molecular complexity index is 358. The van der Waals surface area contributed by atoms with Crippen LogP contribution in [0.2, 0.25) is 0 Å². The van der Waals surface area contributed by atoms with Crippen LogP contribution in [0.5, 0.6) is 0 Å². The van der Waals surface area contributed by atoms with Crippen molar-refractivity contribution >= 4 is 28.9 Å². The number of benzene rings is 1. The minimum atomic E-state index is 0.194. The predicted octanol–water partition coefficient (Wildman–Crippen LogP) is 5.43. The van der Waals surface area contributed by atoms with Crippen LogP contribution < -0.4 is 5.73 Å². The number of aryl methyl sites for hydroxylation is 2. The molecule has 2 N–H and O–H groups in total. The summed E-state index contributed by atoms with van der Waals surface area (Å²) >= 11 is 9.53. The third-order valence-electron chi connectivity index (χ3n) is 3.12. The molecule has 2 nitrogen and oxygen atoms in total. The molecule has 21 heavy (non-hydrogen) atoms. The minimum Gasteiger partial charge on any atom is -0.399 e. The van der Waals surface area contributed by atoms with Gasteiger partial charge in [-0.3, -0.25) is 4.90 Å². The monoisotopic (exact) mass is 334 g/mol. The molecular weight excluding hydrogens is 303 g/mol. The van der Waals surface area contributed by atoms with Gasteiger partial charge in [0.25, 0.3) is 0 Å². The van der Waals surface area contributed by atoms with Crippen LogP contribution in [0.1, 0.15) is 45.7 Å². The molecule has 0 aliphatic rings. The Morgan fingerprint density at radius 1 is 1.05 bits per heavy atom. The molecule has 0 bridgehead atoms. The Morgan fingerprint density at radius 2 is 1.48 bits per heavy atom. The summed E-state index contributed by atoms with van der Waals surface area (Å²) in [7, 11) is 0. The zero-order valence-electron chi connectivity index (χ0n) is 14.6. The highest BCUT2D eigenvalue weighted by Gasteiger charge is 2.08. The van der Waals surface area contributed by atoms with Crippen LogP contribution in [0.4, 0.5) is 5.69 Å². The molecule has 0 unspecified atom stereocenters. The second-order valence-electron chi connectivity index (χ2n) is 5.48. The molecule has 0 fully saturated rings. The molecule has 0 aliphatic carbocycles. The molecule has 4 heteroatoms. The minimum absolute atomic E-state index is 0.194. The van der Waals surface area contributed by atoms with E-state index in [-0.39, 0.29) is 5.34 Å². The van der Waals surface area contributed by atoms with E-state index in [2.05, 4.69) is 52.5 Å². The zero-order chi connectivity index (χ0) is 17.0. The van der Waals surface area contributed by atoms with E-state index in [0.29, 0.717) is 12.1 Å². The van der Waals surface area contributed by atoms with Crippen LogP contribution in [0.15, 0.2) is 18.2 Å². The van der Waals surface area contributed by atoms with E-state index >= 15 is 0 Å². The SMILES string of the molecule is CCN(C(C)C)C(C)C.Cc1ccc(N)c(C)c1.ClCCl. The standard InChI is InChI=1S/C8H11N.C8H19N.CH2Cl2/c1-6-3-4-8(9)7(2)5-6;1-6-9(7(2)3)8(4)5;2-1-3/h3-5H,9H2,1-2H3;7-8H,6H2,1-5H3;1H2. The molecule has 0 saturated carbocycles. The van der Waals surface area contributed by atoms with Crippen LogP contribution >= 0.6 is 23.2 Å². The number of rotatable bonds is 3. The summed E-state index contributed by atoms with van der Waals surface area (Å²) in [6.45, 7) is 16.4. The van der Waals surface area contributed by atoms with Crippen molar-refractivity contribution in [2.24, 2.45) is 0 Å². The molecule has 0 amide bonds. The zero-order valence-corrected chi connectivity index (χ0v) is 16.1. The van der Waals surface area contributed by atoms with Crippen LogP contribution in [0, 0.1) is 13.8 Å². The van der Waals surface area contributed by atoms with Gasteiger partial charge in [0.2, 0.25) is 0 Å². The number of hydrogen-bond donors (Lipinski definition) is 1. The molecule has 0 heterocycles. The van der Waals surface area contributed by atoms with Crippen molar-refractivity contribution in [1.82, 2.24) is 4.90 Å². The quantitative estimate of drug-likeness (QED) is 0.589. The number of alkyl halides is 2. The fraction of sp³-hybridized carbons (Fsp3) is 0.647. The number of nitrogens with zero attached hydrogens (tertiary/aromatic N) is 1. The van der Waals surface area contributed by atoms with E-state index in [4.69, 9.17) is 28.9 Å². The van der Waals surface area contributed by atoms with Crippen molar-refractivity contribution in [3.05, 3.63) is 29.3 Å². The van der Waals surface area contributed by atoms with Gasteiger partial charge in [0.05, 0.1) is 5.34 Å². The lowest BCUT2D eigenvalue weighted by Crippen LogP contribution is -2.36. The summed E-state index contributed by atoms with van der Waals surface area (Å²) in [6.07, 6.45) is 0. The number of hydrogen-bond acceptors (Lipinski definition) is 2. The normalized spacial score (nSPS) is 10.1. The summed E-state index contributed by atoms with van der Waals surface area (Å²) in [5.74, 6) is 0. The highest BCUT2D eigenvalue weighted by molar-refractivity contribution is 6.40. The van der Waals surface area contributed by atoms with Crippen molar-refractivity contribution in [2.45, 2.75) is 60.5 Å². The first-order valence-electron chi connectivity index (χ1n) is 7.41. The second kappa shape index (κ2) is 13.2. The van der Waals surface area contributed by atoms with E-state index in [1.165, 1.54) is 5.56 Å². The van der Waals surface area contributed by atoms with Crippen LogP contribution in [0.3, 0.4) is 0 Å². The summed E-state index contributed by atoms with van der Waals surface area (Å²) in [4.78, 5) is 2.46. The van der Waals surface area contributed by atoms with Gasteiger partial charge in [-0.2, -0.15) is 0 Å². The van der Waals surface area contributed by atoms with Crippen molar-refractivity contribution in [3.63, 3.8) is 0 Å². The maximum atomic E-state index is 5.59. The third-order valence-corrected chi connectivity index (χ3v) is 3.12. The molecule has 1 aromatic carbocycles. The van der Waals surface area contributed by atoms with E-state index < -0.39 is 0 Å².